The summed E-state index contributed by atoms with van der Waals surface area (Å²) in [6.45, 7) is 3.60. The largest absolute Gasteiger partial charge is 0.352 e. The molecule has 0 radical (unpaired) electrons. The highest BCUT2D eigenvalue weighted by Crippen LogP contribution is 2.12. The van der Waals surface area contributed by atoms with Crippen molar-refractivity contribution in [2.75, 3.05) is 11.9 Å². The molecule has 2 heterocycles. The van der Waals surface area contributed by atoms with Gasteiger partial charge in [0.15, 0.2) is 5.13 Å². The number of rotatable bonds is 5. The van der Waals surface area contributed by atoms with Gasteiger partial charge in [-0.3, -0.25) is 9.59 Å². The van der Waals surface area contributed by atoms with Crippen LogP contribution in [-0.2, 0) is 9.59 Å². The molecule has 0 aromatic carbocycles. The number of anilines is 1. The van der Waals surface area contributed by atoms with Crippen molar-refractivity contribution in [3.63, 3.8) is 0 Å². The van der Waals surface area contributed by atoms with Crippen molar-refractivity contribution >= 4 is 34.3 Å². The molecule has 0 bridgehead atoms. The van der Waals surface area contributed by atoms with Gasteiger partial charge in [0.1, 0.15) is 0 Å². The fourth-order valence-corrected chi connectivity index (χ4v) is 2.63. The third-order valence-electron chi connectivity index (χ3n) is 3.05. The monoisotopic (exact) mass is 323 g/mol. The lowest BCUT2D eigenvalue weighted by molar-refractivity contribution is -0.118. The van der Waals surface area contributed by atoms with E-state index < -0.39 is 0 Å². The van der Waals surface area contributed by atoms with Crippen LogP contribution in [-0.4, -0.2) is 35.4 Å². The third kappa shape index (κ3) is 4.04. The zero-order chi connectivity index (χ0) is 16.1. The summed E-state index contributed by atoms with van der Waals surface area (Å²) in [6, 6.07) is -0.706. The van der Waals surface area contributed by atoms with E-state index in [0.717, 1.165) is 0 Å². The molecule has 0 spiro atoms. The zero-order valence-corrected chi connectivity index (χ0v) is 13.0. The highest BCUT2D eigenvalue weighted by atomic mass is 32.1. The molecule has 2 rings (SSSR count). The van der Waals surface area contributed by atoms with Crippen LogP contribution in [0, 0.1) is 0 Å². The number of allylic oxidation sites excluding steroid dienone is 1. The SMILES string of the molecule is CC1=C(C(=O)NCCC(=O)Nc2nccs2)[C@@H](C)NC(=O)N1. The number of aromatic nitrogens is 1. The lowest BCUT2D eigenvalue weighted by Crippen LogP contribution is -2.50. The van der Waals surface area contributed by atoms with Crippen molar-refractivity contribution in [1.82, 2.24) is 20.9 Å². The summed E-state index contributed by atoms with van der Waals surface area (Å²) in [4.78, 5) is 39.0. The van der Waals surface area contributed by atoms with Crippen molar-refractivity contribution in [3.8, 4) is 0 Å². The highest BCUT2D eigenvalue weighted by molar-refractivity contribution is 7.13. The highest BCUT2D eigenvalue weighted by Gasteiger charge is 2.26. The average Bonchev–Trinajstić information content (AvgIpc) is 2.90. The Morgan fingerprint density at radius 1 is 1.45 bits per heavy atom. The Kier molecular flexibility index (Phi) is 5.10. The molecule has 0 saturated carbocycles. The summed E-state index contributed by atoms with van der Waals surface area (Å²) in [5, 5.41) is 12.8. The molecule has 4 N–H and O–H groups in total. The summed E-state index contributed by atoms with van der Waals surface area (Å²) in [5.41, 5.74) is 0.973. The molecule has 9 heteroatoms. The topological polar surface area (TPSA) is 112 Å². The summed E-state index contributed by atoms with van der Waals surface area (Å²) in [6.07, 6.45) is 1.74. The maximum atomic E-state index is 12.1. The third-order valence-corrected chi connectivity index (χ3v) is 3.74. The van der Waals surface area contributed by atoms with Crippen LogP contribution in [0.1, 0.15) is 20.3 Å². The first-order chi connectivity index (χ1) is 10.5. The molecule has 118 valence electrons. The molecule has 0 aliphatic carbocycles. The molecule has 1 aliphatic heterocycles. The van der Waals surface area contributed by atoms with Crippen molar-refractivity contribution in [1.29, 1.82) is 0 Å². The average molecular weight is 323 g/mol. The zero-order valence-electron chi connectivity index (χ0n) is 12.2. The van der Waals surface area contributed by atoms with Crippen LogP contribution in [0.15, 0.2) is 22.8 Å². The predicted octanol–water partition coefficient (Wildman–Crippen LogP) is 0.563. The first-order valence-corrected chi connectivity index (χ1v) is 7.61. The van der Waals surface area contributed by atoms with Crippen LogP contribution in [0.25, 0.3) is 0 Å². The maximum absolute atomic E-state index is 12.1. The Morgan fingerprint density at radius 3 is 2.86 bits per heavy atom. The van der Waals surface area contributed by atoms with Crippen LogP contribution in [0.4, 0.5) is 9.93 Å². The Bertz CT molecular complexity index is 611. The van der Waals surface area contributed by atoms with Crippen molar-refractivity contribution < 1.29 is 14.4 Å². The first kappa shape index (κ1) is 16.0. The van der Waals surface area contributed by atoms with Crippen LogP contribution in [0.3, 0.4) is 0 Å². The molecule has 1 aromatic heterocycles. The van der Waals surface area contributed by atoms with Crippen LogP contribution in [0.2, 0.25) is 0 Å². The Labute approximate surface area is 131 Å². The smallest absolute Gasteiger partial charge is 0.319 e. The normalized spacial score (nSPS) is 17.5. The Hall–Kier alpha value is -2.42. The standard InChI is InChI=1S/C13H17N5O3S/c1-7-10(8(2)17-12(21)16-7)11(20)14-4-3-9(19)18-13-15-5-6-22-13/h5-7H,3-4H2,1-2H3,(H,14,20)(H,15,18,19)(H2,16,17,21)/t7-/m1/s1. The number of carbonyl (C=O) groups excluding carboxylic acids is 3. The van der Waals surface area contributed by atoms with Crippen LogP contribution in [0.5, 0.6) is 0 Å². The van der Waals surface area contributed by atoms with Crippen LogP contribution < -0.4 is 21.3 Å². The minimum absolute atomic E-state index is 0.145. The van der Waals surface area contributed by atoms with E-state index in [9.17, 15) is 14.4 Å². The van der Waals surface area contributed by atoms with Gasteiger partial charge in [0.05, 0.1) is 11.6 Å². The molecule has 0 unspecified atom stereocenters. The molecule has 0 saturated heterocycles. The molecular weight excluding hydrogens is 306 g/mol. The van der Waals surface area contributed by atoms with Gasteiger partial charge >= 0.3 is 6.03 Å². The lowest BCUT2D eigenvalue weighted by Gasteiger charge is -2.25. The van der Waals surface area contributed by atoms with E-state index in [1.54, 1.807) is 25.4 Å². The van der Waals surface area contributed by atoms with Crippen molar-refractivity contribution in [2.24, 2.45) is 0 Å². The number of nitrogens with one attached hydrogen (secondary N) is 4. The molecule has 22 heavy (non-hydrogen) atoms. The Balaban J connectivity index is 1.81. The quantitative estimate of drug-likeness (QED) is 0.634. The number of hydrogen-bond acceptors (Lipinski definition) is 5. The second-order valence-electron chi connectivity index (χ2n) is 4.75. The van der Waals surface area contributed by atoms with Crippen molar-refractivity contribution in [2.45, 2.75) is 26.3 Å². The summed E-state index contributed by atoms with van der Waals surface area (Å²) < 4.78 is 0. The van der Waals surface area contributed by atoms with E-state index in [2.05, 4.69) is 26.3 Å². The van der Waals surface area contributed by atoms with Gasteiger partial charge in [-0.25, -0.2) is 9.78 Å². The molecule has 1 aliphatic rings. The number of hydrogen-bond donors (Lipinski definition) is 4. The number of urea groups is 1. The predicted molar refractivity (Wildman–Crippen MR) is 82.2 cm³/mol. The van der Waals surface area contributed by atoms with Gasteiger partial charge < -0.3 is 21.3 Å². The van der Waals surface area contributed by atoms with Gasteiger partial charge in [0.25, 0.3) is 5.91 Å². The second kappa shape index (κ2) is 7.03. The fraction of sp³-hybridized carbons (Fsp3) is 0.385. The summed E-state index contributed by atoms with van der Waals surface area (Å²) in [7, 11) is 0. The van der Waals surface area contributed by atoms with Gasteiger partial charge in [0.2, 0.25) is 5.91 Å². The van der Waals surface area contributed by atoms with Crippen molar-refractivity contribution in [3.05, 3.63) is 22.8 Å². The van der Waals surface area contributed by atoms with E-state index in [0.29, 0.717) is 16.4 Å². The van der Waals surface area contributed by atoms with E-state index >= 15 is 0 Å². The molecule has 8 nitrogen and oxygen atoms in total. The summed E-state index contributed by atoms with van der Waals surface area (Å²) in [5.74, 6) is -0.524. The van der Waals surface area contributed by atoms with Gasteiger partial charge in [0, 0.05) is 30.2 Å². The molecule has 0 fully saturated rings. The molecule has 1 atom stereocenters. The summed E-state index contributed by atoms with van der Waals surface area (Å²) >= 11 is 1.33. The van der Waals surface area contributed by atoms with E-state index in [1.165, 1.54) is 11.3 Å². The minimum atomic E-state index is -0.377. The minimum Gasteiger partial charge on any atom is -0.352 e. The maximum Gasteiger partial charge on any atom is 0.319 e. The van der Waals surface area contributed by atoms with Gasteiger partial charge in [-0.15, -0.1) is 11.3 Å². The lowest BCUT2D eigenvalue weighted by atomic mass is 10.0. The Morgan fingerprint density at radius 2 is 2.23 bits per heavy atom. The fourth-order valence-electron chi connectivity index (χ4n) is 2.09. The van der Waals surface area contributed by atoms with E-state index in [4.69, 9.17) is 0 Å². The number of amides is 4. The second-order valence-corrected chi connectivity index (χ2v) is 5.64. The van der Waals surface area contributed by atoms with Gasteiger partial charge in [-0.1, -0.05) is 0 Å². The van der Waals surface area contributed by atoms with E-state index in [-0.39, 0.29) is 36.9 Å². The van der Waals surface area contributed by atoms with Gasteiger partial charge in [-0.05, 0) is 13.8 Å². The first-order valence-electron chi connectivity index (χ1n) is 6.73. The molecule has 1 aromatic rings. The number of carbonyl (C=O) groups is 3. The number of thiazole rings is 1. The molecule has 4 amide bonds. The van der Waals surface area contributed by atoms with E-state index in [1.807, 2.05) is 0 Å². The van der Waals surface area contributed by atoms with Gasteiger partial charge in [-0.2, -0.15) is 0 Å². The number of nitrogens with zero attached hydrogens (tertiary/aromatic N) is 1. The molecular formula is C13H17N5O3S. The van der Waals surface area contributed by atoms with Crippen LogP contribution >= 0.6 is 11.3 Å².